The van der Waals surface area contributed by atoms with Crippen molar-refractivity contribution in [1.82, 2.24) is 4.90 Å². The molecule has 0 aromatic rings. The highest BCUT2D eigenvalue weighted by Crippen LogP contribution is 2.03. The van der Waals surface area contributed by atoms with Crippen molar-refractivity contribution in [3.8, 4) is 0 Å². The summed E-state index contributed by atoms with van der Waals surface area (Å²) in [7, 11) is 0. The molecular formula is C9H18N2. The minimum atomic E-state index is 0.553. The van der Waals surface area contributed by atoms with Gasteiger partial charge in [-0.1, -0.05) is 0 Å². The maximum Gasteiger partial charge on any atom is 0.227 e. The molecule has 2 heteroatoms. The SMILES string of the molecule is [C-]#[N+]CCN(C(C)C)C(C)C. The van der Waals surface area contributed by atoms with E-state index in [9.17, 15) is 0 Å². The predicted octanol–water partition coefficient (Wildman–Crippen LogP) is 2.02. The third kappa shape index (κ3) is 4.00. The molecule has 0 aromatic carbocycles. The molecule has 2 nitrogen and oxygen atoms in total. The van der Waals surface area contributed by atoms with Crippen LogP contribution in [0.5, 0.6) is 0 Å². The van der Waals surface area contributed by atoms with E-state index in [0.717, 1.165) is 6.54 Å². The Morgan fingerprint density at radius 3 is 1.91 bits per heavy atom. The molecule has 0 saturated carbocycles. The second-order valence-corrected chi connectivity index (χ2v) is 3.31. The summed E-state index contributed by atoms with van der Waals surface area (Å²) in [4.78, 5) is 5.68. The fourth-order valence-electron chi connectivity index (χ4n) is 1.28. The zero-order chi connectivity index (χ0) is 8.85. The number of hydrogen-bond acceptors (Lipinski definition) is 1. The van der Waals surface area contributed by atoms with Gasteiger partial charge in [-0.25, -0.2) is 6.57 Å². The standard InChI is InChI=1S/C9H18N2/c1-8(2)11(9(3)4)7-6-10-5/h8-9H,6-7H2,1-4H3. The summed E-state index contributed by atoms with van der Waals surface area (Å²) < 4.78 is 0. The van der Waals surface area contributed by atoms with E-state index in [-0.39, 0.29) is 0 Å². The smallest absolute Gasteiger partial charge is 0.227 e. The molecule has 0 heterocycles. The summed E-state index contributed by atoms with van der Waals surface area (Å²) in [5.41, 5.74) is 0. The molecule has 0 unspecified atom stereocenters. The Kier molecular flexibility index (Phi) is 4.89. The third-order valence-electron chi connectivity index (χ3n) is 1.80. The maximum absolute atomic E-state index is 6.68. The van der Waals surface area contributed by atoms with Crippen LogP contribution in [-0.2, 0) is 0 Å². The van der Waals surface area contributed by atoms with Gasteiger partial charge in [0.25, 0.3) is 0 Å². The molecular weight excluding hydrogens is 136 g/mol. The third-order valence-corrected chi connectivity index (χ3v) is 1.80. The lowest BCUT2D eigenvalue weighted by molar-refractivity contribution is 0.184. The molecule has 0 saturated heterocycles. The Hall–Kier alpha value is -0.550. The molecule has 0 aromatic heterocycles. The Morgan fingerprint density at radius 1 is 1.18 bits per heavy atom. The first-order valence-corrected chi connectivity index (χ1v) is 4.18. The lowest BCUT2D eigenvalue weighted by Gasteiger charge is -2.28. The molecule has 64 valence electrons. The van der Waals surface area contributed by atoms with Crippen LogP contribution < -0.4 is 0 Å². The number of nitrogens with zero attached hydrogens (tertiary/aromatic N) is 2. The van der Waals surface area contributed by atoms with E-state index in [1.807, 2.05) is 0 Å². The van der Waals surface area contributed by atoms with Crippen molar-refractivity contribution >= 4 is 0 Å². The Bertz CT molecular complexity index is 125. The monoisotopic (exact) mass is 154 g/mol. The molecule has 0 spiro atoms. The second-order valence-electron chi connectivity index (χ2n) is 3.31. The van der Waals surface area contributed by atoms with Crippen LogP contribution in [0.15, 0.2) is 0 Å². The highest BCUT2D eigenvalue weighted by Gasteiger charge is 2.12. The summed E-state index contributed by atoms with van der Waals surface area (Å²) in [6.07, 6.45) is 0. The predicted molar refractivity (Wildman–Crippen MR) is 48.4 cm³/mol. The van der Waals surface area contributed by atoms with Gasteiger partial charge in [0.2, 0.25) is 6.54 Å². The molecule has 0 rings (SSSR count). The van der Waals surface area contributed by atoms with Crippen LogP contribution in [-0.4, -0.2) is 30.1 Å². The summed E-state index contributed by atoms with van der Waals surface area (Å²) in [6, 6.07) is 1.11. The van der Waals surface area contributed by atoms with E-state index >= 15 is 0 Å². The van der Waals surface area contributed by atoms with Gasteiger partial charge in [0.15, 0.2) is 0 Å². The van der Waals surface area contributed by atoms with Crippen molar-refractivity contribution in [3.63, 3.8) is 0 Å². The van der Waals surface area contributed by atoms with Crippen molar-refractivity contribution in [2.24, 2.45) is 0 Å². The molecule has 0 fully saturated rings. The van der Waals surface area contributed by atoms with Gasteiger partial charge in [-0.2, -0.15) is 0 Å². The first kappa shape index (κ1) is 10.4. The van der Waals surface area contributed by atoms with E-state index in [1.54, 1.807) is 0 Å². The van der Waals surface area contributed by atoms with Gasteiger partial charge in [0, 0.05) is 12.1 Å². The minimum absolute atomic E-state index is 0.553. The zero-order valence-corrected chi connectivity index (χ0v) is 7.96. The van der Waals surface area contributed by atoms with E-state index in [4.69, 9.17) is 6.57 Å². The van der Waals surface area contributed by atoms with Crippen LogP contribution in [0.1, 0.15) is 27.7 Å². The fraction of sp³-hybridized carbons (Fsp3) is 0.889. The van der Waals surface area contributed by atoms with E-state index in [1.165, 1.54) is 0 Å². The van der Waals surface area contributed by atoms with E-state index in [0.29, 0.717) is 18.6 Å². The average Bonchev–Trinajstić information content (AvgIpc) is 1.87. The molecule has 0 aliphatic rings. The summed E-state index contributed by atoms with van der Waals surface area (Å²) in [5.74, 6) is 0. The van der Waals surface area contributed by atoms with Gasteiger partial charge in [0.1, 0.15) is 0 Å². The van der Waals surface area contributed by atoms with Crippen molar-refractivity contribution in [3.05, 3.63) is 11.4 Å². The first-order chi connectivity index (χ1) is 5.09. The number of rotatable bonds is 4. The Balaban J connectivity index is 3.82. The van der Waals surface area contributed by atoms with Crippen LogP contribution >= 0.6 is 0 Å². The second kappa shape index (κ2) is 5.15. The molecule has 0 aliphatic carbocycles. The molecule has 0 aliphatic heterocycles. The van der Waals surface area contributed by atoms with Crippen LogP contribution in [0.4, 0.5) is 0 Å². The van der Waals surface area contributed by atoms with Crippen molar-refractivity contribution in [1.29, 1.82) is 0 Å². The van der Waals surface area contributed by atoms with Gasteiger partial charge >= 0.3 is 0 Å². The summed E-state index contributed by atoms with van der Waals surface area (Å²) >= 11 is 0. The fourth-order valence-corrected chi connectivity index (χ4v) is 1.28. The van der Waals surface area contributed by atoms with Crippen molar-refractivity contribution in [2.45, 2.75) is 39.8 Å². The molecule has 0 N–H and O–H groups in total. The topological polar surface area (TPSA) is 7.60 Å². The van der Waals surface area contributed by atoms with Crippen LogP contribution in [0.25, 0.3) is 4.85 Å². The summed E-state index contributed by atoms with van der Waals surface area (Å²) in [5, 5.41) is 0. The van der Waals surface area contributed by atoms with Crippen LogP contribution in [0.3, 0.4) is 0 Å². The number of hydrogen-bond donors (Lipinski definition) is 0. The Morgan fingerprint density at radius 2 is 1.64 bits per heavy atom. The lowest BCUT2D eigenvalue weighted by atomic mass is 10.2. The zero-order valence-electron chi connectivity index (χ0n) is 7.96. The van der Waals surface area contributed by atoms with E-state index < -0.39 is 0 Å². The average molecular weight is 154 g/mol. The molecule has 0 amide bonds. The van der Waals surface area contributed by atoms with Gasteiger partial charge in [-0.15, -0.1) is 0 Å². The lowest BCUT2D eigenvalue weighted by Crippen LogP contribution is -2.38. The Labute approximate surface area is 70.0 Å². The summed E-state index contributed by atoms with van der Waals surface area (Å²) in [6.45, 7) is 16.9. The normalized spacial score (nSPS) is 11.1. The quantitative estimate of drug-likeness (QED) is 0.562. The van der Waals surface area contributed by atoms with E-state index in [2.05, 4.69) is 37.4 Å². The van der Waals surface area contributed by atoms with Gasteiger partial charge in [-0.3, -0.25) is 4.90 Å². The molecule has 0 atom stereocenters. The molecule has 0 radical (unpaired) electrons. The highest BCUT2D eigenvalue weighted by atomic mass is 15.2. The van der Waals surface area contributed by atoms with Gasteiger partial charge in [-0.05, 0) is 27.7 Å². The minimum Gasteiger partial charge on any atom is -0.316 e. The highest BCUT2D eigenvalue weighted by molar-refractivity contribution is 4.71. The van der Waals surface area contributed by atoms with Crippen LogP contribution in [0, 0.1) is 6.57 Å². The molecule has 0 bridgehead atoms. The van der Waals surface area contributed by atoms with Crippen LogP contribution in [0.2, 0.25) is 0 Å². The molecule has 11 heavy (non-hydrogen) atoms. The van der Waals surface area contributed by atoms with Crippen molar-refractivity contribution in [2.75, 3.05) is 13.1 Å². The van der Waals surface area contributed by atoms with Gasteiger partial charge in [0.05, 0.1) is 6.54 Å². The largest absolute Gasteiger partial charge is 0.316 e. The van der Waals surface area contributed by atoms with Crippen molar-refractivity contribution < 1.29 is 0 Å². The van der Waals surface area contributed by atoms with Gasteiger partial charge < -0.3 is 4.85 Å². The first-order valence-electron chi connectivity index (χ1n) is 4.18. The maximum atomic E-state index is 6.68.